The molecule has 0 saturated heterocycles. The molecule has 0 spiro atoms. The first-order valence-corrected chi connectivity index (χ1v) is 7.68. The van der Waals surface area contributed by atoms with Crippen molar-refractivity contribution in [3.8, 4) is 0 Å². The number of carboxylic acids is 1. The first kappa shape index (κ1) is 14.5. The Hall–Kier alpha value is -2.41. The lowest BCUT2D eigenvalue weighted by Gasteiger charge is -2.24. The summed E-state index contributed by atoms with van der Waals surface area (Å²) < 4.78 is 5.31. The molecule has 6 nitrogen and oxygen atoms in total. The van der Waals surface area contributed by atoms with E-state index in [0.717, 1.165) is 23.3 Å². The highest BCUT2D eigenvalue weighted by atomic mass is 32.1. The number of carbonyl (C=O) groups is 2. The fourth-order valence-electron chi connectivity index (χ4n) is 2.29. The van der Waals surface area contributed by atoms with E-state index in [-0.39, 0.29) is 11.6 Å². The second-order valence-electron chi connectivity index (χ2n) is 4.87. The fourth-order valence-corrected chi connectivity index (χ4v) is 3.25. The number of hydrogen-bond acceptors (Lipinski definition) is 5. The van der Waals surface area contributed by atoms with Gasteiger partial charge in [-0.15, -0.1) is 0 Å². The van der Waals surface area contributed by atoms with E-state index < -0.39 is 12.1 Å². The Morgan fingerprint density at radius 1 is 1.32 bits per heavy atom. The molecule has 1 N–H and O–H groups in total. The van der Waals surface area contributed by atoms with Crippen LogP contribution in [-0.4, -0.2) is 28.7 Å². The van der Waals surface area contributed by atoms with E-state index in [4.69, 9.17) is 9.84 Å². The summed E-state index contributed by atoms with van der Waals surface area (Å²) in [6.07, 6.45) is 0.961. The van der Waals surface area contributed by atoms with Crippen molar-refractivity contribution in [3.63, 3.8) is 0 Å². The first-order valence-electron chi connectivity index (χ1n) is 6.86. The van der Waals surface area contributed by atoms with Gasteiger partial charge in [0.15, 0.2) is 0 Å². The Labute approximate surface area is 131 Å². The first-order chi connectivity index (χ1) is 10.6. The van der Waals surface area contributed by atoms with Crippen molar-refractivity contribution in [2.75, 3.05) is 11.4 Å². The molecule has 2 aromatic rings. The number of anilines is 1. The molecule has 7 heteroatoms. The number of benzene rings is 1. The number of rotatable bonds is 3. The van der Waals surface area contributed by atoms with E-state index in [1.165, 1.54) is 4.90 Å². The predicted octanol–water partition coefficient (Wildman–Crippen LogP) is 2.93. The van der Waals surface area contributed by atoms with Crippen molar-refractivity contribution in [3.05, 3.63) is 46.6 Å². The van der Waals surface area contributed by atoms with Gasteiger partial charge in [-0.1, -0.05) is 41.7 Å². The number of aromatic nitrogens is 1. The van der Waals surface area contributed by atoms with Gasteiger partial charge in [-0.3, -0.25) is 4.90 Å². The van der Waals surface area contributed by atoms with Crippen LogP contribution in [0.15, 0.2) is 30.3 Å². The average Bonchev–Trinajstić information content (AvgIpc) is 2.98. The van der Waals surface area contributed by atoms with Crippen LogP contribution in [0, 0.1) is 0 Å². The Morgan fingerprint density at radius 3 is 2.82 bits per heavy atom. The Balaban J connectivity index is 1.73. The maximum absolute atomic E-state index is 12.2. The number of amides is 1. The van der Waals surface area contributed by atoms with Crippen LogP contribution in [0.5, 0.6) is 0 Å². The molecule has 0 atom stereocenters. The van der Waals surface area contributed by atoms with Crippen LogP contribution in [0.3, 0.4) is 0 Å². The summed E-state index contributed by atoms with van der Waals surface area (Å²) in [4.78, 5) is 28.8. The van der Waals surface area contributed by atoms with Crippen LogP contribution in [0.25, 0.3) is 0 Å². The predicted molar refractivity (Wildman–Crippen MR) is 81.4 cm³/mol. The fraction of sp³-hybridized carbons (Fsp3) is 0.267. The second kappa shape index (κ2) is 6.15. The van der Waals surface area contributed by atoms with Crippen molar-refractivity contribution in [2.45, 2.75) is 19.4 Å². The number of aromatic carboxylic acids is 1. The van der Waals surface area contributed by atoms with E-state index in [2.05, 4.69) is 4.98 Å². The molecule has 0 unspecified atom stereocenters. The molecule has 2 heterocycles. The van der Waals surface area contributed by atoms with Crippen molar-refractivity contribution in [1.82, 2.24) is 4.98 Å². The highest BCUT2D eigenvalue weighted by molar-refractivity contribution is 7.17. The van der Waals surface area contributed by atoms with Gasteiger partial charge in [-0.05, 0) is 18.4 Å². The molecule has 1 aliphatic heterocycles. The van der Waals surface area contributed by atoms with Crippen LogP contribution >= 0.6 is 11.3 Å². The van der Waals surface area contributed by atoms with Crippen LogP contribution in [0.2, 0.25) is 0 Å². The molecule has 0 saturated carbocycles. The number of fused-ring (bicyclic) bond motifs is 1. The number of ether oxygens (including phenoxy) is 1. The van der Waals surface area contributed by atoms with Gasteiger partial charge in [-0.25, -0.2) is 14.6 Å². The molecular weight excluding hydrogens is 304 g/mol. The van der Waals surface area contributed by atoms with E-state index in [1.54, 1.807) is 0 Å². The largest absolute Gasteiger partial charge is 0.476 e. The minimum atomic E-state index is -1.07. The third-order valence-corrected chi connectivity index (χ3v) is 4.43. The summed E-state index contributed by atoms with van der Waals surface area (Å²) in [6, 6.07) is 9.41. The van der Waals surface area contributed by atoms with Gasteiger partial charge in [0.05, 0.1) is 5.69 Å². The van der Waals surface area contributed by atoms with E-state index in [1.807, 2.05) is 30.3 Å². The minimum absolute atomic E-state index is 0.00718. The van der Waals surface area contributed by atoms with Gasteiger partial charge in [0, 0.05) is 6.54 Å². The van der Waals surface area contributed by atoms with E-state index in [9.17, 15) is 9.59 Å². The topological polar surface area (TPSA) is 79.7 Å². The van der Waals surface area contributed by atoms with Gasteiger partial charge in [0.2, 0.25) is 5.01 Å². The molecule has 114 valence electrons. The third kappa shape index (κ3) is 2.94. The number of carbonyl (C=O) groups excluding carboxylic acids is 1. The van der Waals surface area contributed by atoms with Crippen LogP contribution < -0.4 is 4.90 Å². The van der Waals surface area contributed by atoms with Gasteiger partial charge in [-0.2, -0.15) is 0 Å². The number of nitrogens with zero attached hydrogens (tertiary/aromatic N) is 2. The lowest BCUT2D eigenvalue weighted by atomic mass is 10.2. The molecule has 1 aromatic carbocycles. The molecule has 1 aromatic heterocycles. The Bertz CT molecular complexity index is 699. The Kier molecular flexibility index (Phi) is 4.06. The van der Waals surface area contributed by atoms with Gasteiger partial charge < -0.3 is 9.84 Å². The quantitative estimate of drug-likeness (QED) is 0.941. The SMILES string of the molecule is O=C(O)c1nc2c(s1)N(C(=O)OCc1ccccc1)CCC2. The standard InChI is InChI=1S/C15H14N2O4S/c18-14(19)12-16-11-7-4-8-17(13(11)22-12)15(20)21-9-10-5-2-1-3-6-10/h1-3,5-6H,4,7-9H2,(H,18,19). The van der Waals surface area contributed by atoms with Crippen molar-refractivity contribution in [2.24, 2.45) is 0 Å². The third-order valence-electron chi connectivity index (χ3n) is 3.33. The number of thiazole rings is 1. The maximum Gasteiger partial charge on any atom is 0.415 e. The molecule has 0 radical (unpaired) electrons. The molecule has 22 heavy (non-hydrogen) atoms. The summed E-state index contributed by atoms with van der Waals surface area (Å²) in [5.74, 6) is -1.07. The highest BCUT2D eigenvalue weighted by Gasteiger charge is 2.29. The molecule has 1 amide bonds. The van der Waals surface area contributed by atoms with Crippen molar-refractivity contribution >= 4 is 28.4 Å². The number of carboxylic acid groups (broad SMARTS) is 1. The molecule has 1 aliphatic rings. The normalized spacial score (nSPS) is 13.5. The zero-order valence-corrected chi connectivity index (χ0v) is 12.5. The number of hydrogen-bond donors (Lipinski definition) is 1. The zero-order valence-electron chi connectivity index (χ0n) is 11.7. The molecule has 0 fully saturated rings. The minimum Gasteiger partial charge on any atom is -0.476 e. The monoisotopic (exact) mass is 318 g/mol. The van der Waals surface area contributed by atoms with E-state index >= 15 is 0 Å². The van der Waals surface area contributed by atoms with Gasteiger partial charge in [0.25, 0.3) is 0 Å². The summed E-state index contributed by atoms with van der Waals surface area (Å²) in [7, 11) is 0. The summed E-state index contributed by atoms with van der Waals surface area (Å²) in [6.45, 7) is 0.706. The van der Waals surface area contributed by atoms with Crippen LogP contribution in [0.1, 0.15) is 27.5 Å². The molecular formula is C15H14N2O4S. The van der Waals surface area contributed by atoms with Crippen LogP contribution in [-0.2, 0) is 17.8 Å². The molecule has 0 bridgehead atoms. The van der Waals surface area contributed by atoms with Gasteiger partial charge in [0.1, 0.15) is 11.6 Å². The average molecular weight is 318 g/mol. The number of aryl methyl sites for hydroxylation is 1. The highest BCUT2D eigenvalue weighted by Crippen LogP contribution is 2.33. The van der Waals surface area contributed by atoms with Crippen molar-refractivity contribution < 1.29 is 19.4 Å². The van der Waals surface area contributed by atoms with E-state index in [0.29, 0.717) is 23.7 Å². The smallest absolute Gasteiger partial charge is 0.415 e. The molecule has 0 aliphatic carbocycles. The zero-order chi connectivity index (χ0) is 15.5. The second-order valence-corrected chi connectivity index (χ2v) is 5.85. The van der Waals surface area contributed by atoms with Crippen LogP contribution in [0.4, 0.5) is 9.80 Å². The summed E-state index contributed by atoms with van der Waals surface area (Å²) in [5.41, 5.74) is 1.56. The van der Waals surface area contributed by atoms with Gasteiger partial charge >= 0.3 is 12.1 Å². The molecule has 3 rings (SSSR count). The summed E-state index contributed by atoms with van der Waals surface area (Å²) >= 11 is 1.02. The summed E-state index contributed by atoms with van der Waals surface area (Å²) in [5, 5.41) is 9.62. The maximum atomic E-state index is 12.2. The van der Waals surface area contributed by atoms with Crippen molar-refractivity contribution in [1.29, 1.82) is 0 Å². The lowest BCUT2D eigenvalue weighted by Crippen LogP contribution is -2.35. The Morgan fingerprint density at radius 2 is 2.09 bits per heavy atom. The lowest BCUT2D eigenvalue weighted by molar-refractivity contribution is 0.0696.